The highest BCUT2D eigenvalue weighted by atomic mass is 16.2. The number of hydrogen-bond acceptors (Lipinski definition) is 4. The van der Waals surface area contributed by atoms with Gasteiger partial charge in [0.1, 0.15) is 18.9 Å². The van der Waals surface area contributed by atoms with Crippen molar-refractivity contribution in [2.45, 2.75) is 33.4 Å². The predicted molar refractivity (Wildman–Crippen MR) is 77.2 cm³/mol. The first-order valence-corrected chi connectivity index (χ1v) is 6.65. The zero-order valence-electron chi connectivity index (χ0n) is 12.3. The van der Waals surface area contributed by atoms with Crippen molar-refractivity contribution < 1.29 is 4.79 Å². The molecule has 1 heterocycles. The van der Waals surface area contributed by atoms with Crippen molar-refractivity contribution in [3.8, 4) is 6.07 Å². The number of aryl methyl sites for hydroxylation is 2. The Morgan fingerprint density at radius 2 is 2.19 bits per heavy atom. The molecule has 0 saturated heterocycles. The van der Waals surface area contributed by atoms with Crippen LogP contribution in [0.15, 0.2) is 24.5 Å². The zero-order valence-corrected chi connectivity index (χ0v) is 12.3. The summed E-state index contributed by atoms with van der Waals surface area (Å²) < 4.78 is 1.35. The lowest BCUT2D eigenvalue weighted by atomic mass is 10.0. The Hall–Kier alpha value is -2.68. The Kier molecular flexibility index (Phi) is 4.33. The number of carbonyl (C=O) groups excluding carboxylic acids is 1. The minimum Gasteiger partial charge on any atom is -0.348 e. The van der Waals surface area contributed by atoms with Gasteiger partial charge in [-0.3, -0.25) is 4.79 Å². The van der Waals surface area contributed by atoms with E-state index in [-0.39, 0.29) is 24.3 Å². The normalized spacial score (nSPS) is 11.7. The summed E-state index contributed by atoms with van der Waals surface area (Å²) in [4.78, 5) is 15.7. The number of aromatic nitrogens is 3. The van der Waals surface area contributed by atoms with Gasteiger partial charge in [-0.2, -0.15) is 5.26 Å². The molecule has 2 aromatic rings. The molecular weight excluding hydrogens is 266 g/mol. The summed E-state index contributed by atoms with van der Waals surface area (Å²) in [6.45, 7) is 6.08. The molecule has 1 N–H and O–H groups in total. The Balaban J connectivity index is 1.98. The second-order valence-corrected chi connectivity index (χ2v) is 5.01. The van der Waals surface area contributed by atoms with Gasteiger partial charge in [0.2, 0.25) is 5.91 Å². The van der Waals surface area contributed by atoms with E-state index in [1.54, 1.807) is 0 Å². The first kappa shape index (κ1) is 14.7. The number of rotatable bonds is 4. The molecule has 1 aromatic heterocycles. The summed E-state index contributed by atoms with van der Waals surface area (Å²) >= 11 is 0. The molecule has 0 aliphatic carbocycles. The fraction of sp³-hybridized carbons (Fsp3) is 0.333. The largest absolute Gasteiger partial charge is 0.348 e. The van der Waals surface area contributed by atoms with Crippen LogP contribution in [-0.2, 0) is 11.3 Å². The van der Waals surface area contributed by atoms with Gasteiger partial charge in [0, 0.05) is 0 Å². The lowest BCUT2D eigenvalue weighted by Gasteiger charge is -2.15. The third-order valence-electron chi connectivity index (χ3n) is 3.35. The van der Waals surface area contributed by atoms with Crippen LogP contribution >= 0.6 is 0 Å². The Morgan fingerprint density at radius 3 is 2.81 bits per heavy atom. The van der Waals surface area contributed by atoms with Crippen molar-refractivity contribution in [1.82, 2.24) is 20.1 Å². The topological polar surface area (TPSA) is 83.6 Å². The molecule has 6 heteroatoms. The van der Waals surface area contributed by atoms with Crippen molar-refractivity contribution in [1.29, 1.82) is 5.26 Å². The molecule has 21 heavy (non-hydrogen) atoms. The summed E-state index contributed by atoms with van der Waals surface area (Å²) in [5, 5.41) is 15.4. The fourth-order valence-electron chi connectivity index (χ4n) is 1.97. The van der Waals surface area contributed by atoms with E-state index in [1.807, 2.05) is 32.0 Å². The number of hydrogen-bond donors (Lipinski definition) is 1. The number of benzene rings is 1. The number of nitrogens with zero attached hydrogens (tertiary/aromatic N) is 4. The first-order valence-electron chi connectivity index (χ1n) is 6.65. The Morgan fingerprint density at radius 1 is 1.43 bits per heavy atom. The molecule has 0 aliphatic heterocycles. The summed E-state index contributed by atoms with van der Waals surface area (Å²) in [6, 6.07) is 7.87. The highest BCUT2D eigenvalue weighted by molar-refractivity contribution is 5.76. The van der Waals surface area contributed by atoms with E-state index < -0.39 is 0 Å². The maximum absolute atomic E-state index is 12.0. The molecule has 0 radical (unpaired) electrons. The molecule has 0 saturated carbocycles. The third kappa shape index (κ3) is 3.66. The molecule has 0 aliphatic rings. The standard InChI is InChI=1S/C15H17N5O/c1-10-4-5-13(6-11(10)2)12(3)18-15(21)8-20-9-17-14(7-16)19-20/h4-6,9,12H,8H2,1-3H3,(H,18,21)/t12-/m0/s1. The number of nitriles is 1. The van der Waals surface area contributed by atoms with Crippen LogP contribution in [0, 0.1) is 25.2 Å². The Labute approximate surface area is 123 Å². The second-order valence-electron chi connectivity index (χ2n) is 5.01. The highest BCUT2D eigenvalue weighted by Gasteiger charge is 2.11. The molecule has 1 atom stereocenters. The van der Waals surface area contributed by atoms with Crippen molar-refractivity contribution in [2.75, 3.05) is 0 Å². The molecule has 6 nitrogen and oxygen atoms in total. The second kappa shape index (κ2) is 6.18. The number of carbonyl (C=O) groups is 1. The summed E-state index contributed by atoms with van der Waals surface area (Å²) in [5.74, 6) is -0.111. The van der Waals surface area contributed by atoms with Crippen LogP contribution in [0.2, 0.25) is 0 Å². The maximum atomic E-state index is 12.0. The molecule has 0 fully saturated rings. The van der Waals surface area contributed by atoms with Gasteiger partial charge < -0.3 is 5.32 Å². The van der Waals surface area contributed by atoms with Gasteiger partial charge in [-0.1, -0.05) is 18.2 Å². The van der Waals surface area contributed by atoms with Crippen LogP contribution < -0.4 is 5.32 Å². The van der Waals surface area contributed by atoms with Crippen molar-refractivity contribution in [3.63, 3.8) is 0 Å². The van der Waals surface area contributed by atoms with Crippen molar-refractivity contribution >= 4 is 5.91 Å². The van der Waals surface area contributed by atoms with Crippen LogP contribution in [0.1, 0.15) is 35.5 Å². The van der Waals surface area contributed by atoms with E-state index >= 15 is 0 Å². The van der Waals surface area contributed by atoms with Crippen LogP contribution in [-0.4, -0.2) is 20.7 Å². The third-order valence-corrected chi connectivity index (χ3v) is 3.35. The van der Waals surface area contributed by atoms with Gasteiger partial charge in [0.25, 0.3) is 5.82 Å². The van der Waals surface area contributed by atoms with Crippen LogP contribution in [0.3, 0.4) is 0 Å². The van der Waals surface area contributed by atoms with E-state index in [0.29, 0.717) is 0 Å². The summed E-state index contributed by atoms with van der Waals surface area (Å²) in [6.07, 6.45) is 1.37. The van der Waals surface area contributed by atoms with Gasteiger partial charge in [0.15, 0.2) is 0 Å². The summed E-state index contributed by atoms with van der Waals surface area (Å²) in [5.41, 5.74) is 3.48. The van der Waals surface area contributed by atoms with E-state index in [0.717, 1.165) is 5.56 Å². The molecular formula is C15H17N5O. The van der Waals surface area contributed by atoms with Gasteiger partial charge >= 0.3 is 0 Å². The molecule has 0 unspecified atom stereocenters. The van der Waals surface area contributed by atoms with E-state index in [9.17, 15) is 4.79 Å². The molecule has 1 amide bonds. The lowest BCUT2D eigenvalue weighted by Crippen LogP contribution is -2.30. The molecule has 0 bridgehead atoms. The van der Waals surface area contributed by atoms with Gasteiger partial charge in [-0.05, 0) is 37.5 Å². The van der Waals surface area contributed by atoms with E-state index in [1.165, 1.54) is 22.1 Å². The molecule has 1 aromatic carbocycles. The highest BCUT2D eigenvalue weighted by Crippen LogP contribution is 2.16. The minimum atomic E-state index is -0.171. The van der Waals surface area contributed by atoms with Crippen molar-refractivity contribution in [2.24, 2.45) is 0 Å². The monoisotopic (exact) mass is 283 g/mol. The quantitative estimate of drug-likeness (QED) is 0.924. The Bertz CT molecular complexity index is 698. The van der Waals surface area contributed by atoms with Crippen LogP contribution in [0.4, 0.5) is 0 Å². The predicted octanol–water partition coefficient (Wildman–Crippen LogP) is 1.64. The zero-order chi connectivity index (χ0) is 15.4. The van der Waals surface area contributed by atoms with E-state index in [4.69, 9.17) is 5.26 Å². The van der Waals surface area contributed by atoms with E-state index in [2.05, 4.69) is 28.4 Å². The maximum Gasteiger partial charge on any atom is 0.252 e. The number of nitrogens with one attached hydrogen (secondary N) is 1. The SMILES string of the molecule is Cc1ccc([C@H](C)NC(=O)Cn2cnc(C#N)n2)cc1C. The van der Waals surface area contributed by atoms with Gasteiger partial charge in [-0.15, -0.1) is 5.10 Å². The average molecular weight is 283 g/mol. The number of amides is 1. The molecule has 108 valence electrons. The van der Waals surface area contributed by atoms with Gasteiger partial charge in [0.05, 0.1) is 6.04 Å². The minimum absolute atomic E-state index is 0.0455. The first-order chi connectivity index (χ1) is 9.99. The van der Waals surface area contributed by atoms with Crippen molar-refractivity contribution in [3.05, 3.63) is 47.0 Å². The fourth-order valence-corrected chi connectivity index (χ4v) is 1.97. The van der Waals surface area contributed by atoms with Gasteiger partial charge in [-0.25, -0.2) is 9.67 Å². The summed E-state index contributed by atoms with van der Waals surface area (Å²) in [7, 11) is 0. The molecule has 2 rings (SSSR count). The smallest absolute Gasteiger partial charge is 0.252 e. The van der Waals surface area contributed by atoms with Crippen LogP contribution in [0.5, 0.6) is 0 Å². The average Bonchev–Trinajstić information content (AvgIpc) is 2.89. The lowest BCUT2D eigenvalue weighted by molar-refractivity contribution is -0.122. The van der Waals surface area contributed by atoms with Crippen LogP contribution in [0.25, 0.3) is 0 Å². The molecule has 0 spiro atoms.